The van der Waals surface area contributed by atoms with Crippen LogP contribution in [-0.4, -0.2) is 21.3 Å². The Morgan fingerprint density at radius 2 is 2.12 bits per heavy atom. The lowest BCUT2D eigenvalue weighted by molar-refractivity contribution is -0.139. The number of carbonyl (C=O) groups is 1. The van der Waals surface area contributed by atoms with Crippen LogP contribution in [0.15, 0.2) is 4.42 Å². The molecule has 1 fully saturated rings. The molecule has 0 radical (unpaired) electrons. The van der Waals surface area contributed by atoms with Gasteiger partial charge in [-0.1, -0.05) is 12.8 Å². The molecule has 1 aliphatic carbocycles. The summed E-state index contributed by atoms with van der Waals surface area (Å²) >= 11 is 0. The predicted octanol–water partition coefficient (Wildman–Crippen LogP) is 1.96. The van der Waals surface area contributed by atoms with E-state index in [0.717, 1.165) is 25.7 Å². The molecule has 0 amide bonds. The van der Waals surface area contributed by atoms with Gasteiger partial charge in [-0.25, -0.2) is 0 Å². The summed E-state index contributed by atoms with van der Waals surface area (Å²) in [5.41, 5.74) is -0.162. The Bertz CT molecular complexity index is 380. The molecule has 0 unspecified atom stereocenters. The second-order valence-corrected chi connectivity index (χ2v) is 4.67. The maximum atomic E-state index is 10.9. The van der Waals surface area contributed by atoms with E-state index in [0.29, 0.717) is 18.2 Å². The van der Waals surface area contributed by atoms with Crippen LogP contribution in [0.4, 0.5) is 0 Å². The van der Waals surface area contributed by atoms with Gasteiger partial charge < -0.3 is 9.52 Å². The Kier molecular flexibility index (Phi) is 2.94. The van der Waals surface area contributed by atoms with Gasteiger partial charge in [-0.3, -0.25) is 4.79 Å². The number of carboxylic acids is 1. The van der Waals surface area contributed by atoms with E-state index in [1.54, 1.807) is 6.92 Å². The van der Waals surface area contributed by atoms with Crippen molar-refractivity contribution in [2.24, 2.45) is 5.41 Å². The molecule has 2 rings (SSSR count). The fourth-order valence-corrected chi connectivity index (χ4v) is 2.59. The van der Waals surface area contributed by atoms with Gasteiger partial charge in [-0.2, -0.15) is 0 Å². The largest absolute Gasteiger partial charge is 0.481 e. The normalized spacial score (nSPS) is 18.8. The fraction of sp³-hybridized carbons (Fsp3) is 0.727. The number of carboxylic acid groups (broad SMARTS) is 1. The molecule has 1 aliphatic rings. The predicted molar refractivity (Wildman–Crippen MR) is 55.9 cm³/mol. The lowest BCUT2D eigenvalue weighted by Crippen LogP contribution is -2.23. The van der Waals surface area contributed by atoms with Crippen LogP contribution < -0.4 is 0 Å². The molecule has 0 bridgehead atoms. The zero-order valence-corrected chi connectivity index (χ0v) is 9.40. The van der Waals surface area contributed by atoms with Crippen LogP contribution in [0.5, 0.6) is 0 Å². The molecular formula is C11H16N2O3. The van der Waals surface area contributed by atoms with Crippen molar-refractivity contribution >= 4 is 5.97 Å². The zero-order valence-electron chi connectivity index (χ0n) is 9.40. The number of hydrogen-bond donors (Lipinski definition) is 1. The van der Waals surface area contributed by atoms with Crippen molar-refractivity contribution in [2.45, 2.75) is 45.4 Å². The Labute approximate surface area is 93.9 Å². The first-order chi connectivity index (χ1) is 7.60. The minimum atomic E-state index is -0.738. The van der Waals surface area contributed by atoms with Gasteiger partial charge in [0.05, 0.1) is 6.42 Å². The lowest BCUT2D eigenvalue weighted by atomic mass is 9.79. The Morgan fingerprint density at radius 3 is 2.62 bits per heavy atom. The number of aromatic nitrogens is 2. The van der Waals surface area contributed by atoms with Crippen LogP contribution in [0.3, 0.4) is 0 Å². The van der Waals surface area contributed by atoms with E-state index in [-0.39, 0.29) is 11.8 Å². The molecular weight excluding hydrogens is 208 g/mol. The smallest absolute Gasteiger partial charge is 0.303 e. The molecule has 16 heavy (non-hydrogen) atoms. The summed E-state index contributed by atoms with van der Waals surface area (Å²) in [5.74, 6) is 0.372. The van der Waals surface area contributed by atoms with Crippen LogP contribution in [0.2, 0.25) is 0 Å². The summed E-state index contributed by atoms with van der Waals surface area (Å²) in [6, 6.07) is 0. The lowest BCUT2D eigenvalue weighted by Gasteiger charge is -2.24. The van der Waals surface area contributed by atoms with Gasteiger partial charge in [0, 0.05) is 13.3 Å². The van der Waals surface area contributed by atoms with Crippen molar-refractivity contribution in [2.75, 3.05) is 0 Å². The summed E-state index contributed by atoms with van der Waals surface area (Å²) in [7, 11) is 0. The summed E-state index contributed by atoms with van der Waals surface area (Å²) < 4.78 is 5.34. The van der Waals surface area contributed by atoms with E-state index in [2.05, 4.69) is 10.2 Å². The number of aryl methyl sites for hydroxylation is 1. The topological polar surface area (TPSA) is 76.2 Å². The molecule has 5 nitrogen and oxygen atoms in total. The molecule has 0 saturated heterocycles. The first kappa shape index (κ1) is 11.1. The second kappa shape index (κ2) is 4.23. The highest BCUT2D eigenvalue weighted by Crippen LogP contribution is 2.43. The molecule has 1 aromatic heterocycles. The third kappa shape index (κ3) is 2.40. The van der Waals surface area contributed by atoms with Crippen LogP contribution in [0.25, 0.3) is 0 Å². The Morgan fingerprint density at radius 1 is 1.44 bits per heavy atom. The average Bonchev–Trinajstić information content (AvgIpc) is 2.76. The quantitative estimate of drug-likeness (QED) is 0.845. The standard InChI is InChI=1S/C11H16N2O3/c1-8-12-13-9(16-8)6-11(7-10(14)15)4-2-3-5-11/h2-7H2,1H3,(H,14,15). The fourth-order valence-electron chi connectivity index (χ4n) is 2.59. The van der Waals surface area contributed by atoms with Crippen molar-refractivity contribution in [3.63, 3.8) is 0 Å². The molecule has 1 N–H and O–H groups in total. The maximum Gasteiger partial charge on any atom is 0.303 e. The average molecular weight is 224 g/mol. The van der Waals surface area contributed by atoms with E-state index in [1.165, 1.54) is 0 Å². The second-order valence-electron chi connectivity index (χ2n) is 4.67. The van der Waals surface area contributed by atoms with E-state index < -0.39 is 5.97 Å². The van der Waals surface area contributed by atoms with Crippen molar-refractivity contribution in [1.82, 2.24) is 10.2 Å². The van der Waals surface area contributed by atoms with Gasteiger partial charge in [-0.15, -0.1) is 10.2 Å². The maximum absolute atomic E-state index is 10.9. The molecule has 0 aromatic carbocycles. The zero-order chi connectivity index (χ0) is 11.6. The highest BCUT2D eigenvalue weighted by Gasteiger charge is 2.37. The van der Waals surface area contributed by atoms with Crippen molar-refractivity contribution < 1.29 is 14.3 Å². The Hall–Kier alpha value is -1.39. The summed E-state index contributed by atoms with van der Waals surface area (Å²) in [5, 5.41) is 16.7. The summed E-state index contributed by atoms with van der Waals surface area (Å²) in [4.78, 5) is 10.9. The number of nitrogens with zero attached hydrogens (tertiary/aromatic N) is 2. The van der Waals surface area contributed by atoms with Gasteiger partial charge in [0.2, 0.25) is 11.8 Å². The third-order valence-electron chi connectivity index (χ3n) is 3.28. The van der Waals surface area contributed by atoms with Gasteiger partial charge in [-0.05, 0) is 18.3 Å². The van der Waals surface area contributed by atoms with Crippen LogP contribution in [0, 0.1) is 12.3 Å². The molecule has 0 spiro atoms. The van der Waals surface area contributed by atoms with E-state index >= 15 is 0 Å². The van der Waals surface area contributed by atoms with Crippen molar-refractivity contribution in [3.05, 3.63) is 11.8 Å². The molecule has 0 aliphatic heterocycles. The van der Waals surface area contributed by atoms with Crippen LogP contribution in [0.1, 0.15) is 43.9 Å². The number of rotatable bonds is 4. The molecule has 88 valence electrons. The van der Waals surface area contributed by atoms with E-state index in [1.807, 2.05) is 0 Å². The minimum absolute atomic E-state index is 0.162. The third-order valence-corrected chi connectivity index (χ3v) is 3.28. The molecule has 5 heteroatoms. The minimum Gasteiger partial charge on any atom is -0.481 e. The first-order valence-electron chi connectivity index (χ1n) is 5.60. The van der Waals surface area contributed by atoms with Gasteiger partial charge in [0.1, 0.15) is 0 Å². The first-order valence-corrected chi connectivity index (χ1v) is 5.60. The Balaban J connectivity index is 2.10. The highest BCUT2D eigenvalue weighted by atomic mass is 16.4. The number of aliphatic carboxylic acids is 1. The van der Waals surface area contributed by atoms with Gasteiger partial charge in [0.25, 0.3) is 0 Å². The molecule has 0 atom stereocenters. The van der Waals surface area contributed by atoms with E-state index in [9.17, 15) is 4.79 Å². The SMILES string of the molecule is Cc1nnc(CC2(CC(=O)O)CCCC2)o1. The molecule has 1 saturated carbocycles. The number of hydrogen-bond acceptors (Lipinski definition) is 4. The van der Waals surface area contributed by atoms with Crippen LogP contribution in [-0.2, 0) is 11.2 Å². The summed E-state index contributed by atoms with van der Waals surface area (Å²) in [6.07, 6.45) is 4.89. The highest BCUT2D eigenvalue weighted by molar-refractivity contribution is 5.67. The van der Waals surface area contributed by atoms with Gasteiger partial charge >= 0.3 is 5.97 Å². The van der Waals surface area contributed by atoms with Gasteiger partial charge in [0.15, 0.2) is 0 Å². The van der Waals surface area contributed by atoms with Crippen LogP contribution >= 0.6 is 0 Å². The molecule has 1 aromatic rings. The molecule has 1 heterocycles. The summed E-state index contributed by atoms with van der Waals surface area (Å²) in [6.45, 7) is 1.75. The van der Waals surface area contributed by atoms with E-state index in [4.69, 9.17) is 9.52 Å². The monoisotopic (exact) mass is 224 g/mol. The van der Waals surface area contributed by atoms with Crippen molar-refractivity contribution in [1.29, 1.82) is 0 Å². The van der Waals surface area contributed by atoms with Crippen molar-refractivity contribution in [3.8, 4) is 0 Å².